The highest BCUT2D eigenvalue weighted by molar-refractivity contribution is 5.75. The maximum absolute atomic E-state index is 10.7. The summed E-state index contributed by atoms with van der Waals surface area (Å²) in [7, 11) is 1.21. The van der Waals surface area contributed by atoms with Crippen LogP contribution in [0.5, 0.6) is 0 Å². The minimum Gasteiger partial charge on any atom is -0.467 e. The second kappa shape index (κ2) is 3.16. The van der Waals surface area contributed by atoms with Crippen molar-refractivity contribution in [2.75, 3.05) is 7.11 Å². The molecule has 0 amide bonds. The topological polar surface area (TPSA) is 75.2 Å². The Morgan fingerprint density at radius 1 is 1.91 bits per heavy atom. The fourth-order valence-electron chi connectivity index (χ4n) is 0.658. The summed E-state index contributed by atoms with van der Waals surface area (Å²) < 4.78 is 4.30. The summed E-state index contributed by atoms with van der Waals surface area (Å²) in [5, 5.41) is 15.2. The number of hydrogen-bond acceptors (Lipinski definition) is 4. The third-order valence-electron chi connectivity index (χ3n) is 1.24. The van der Waals surface area contributed by atoms with Gasteiger partial charge in [-0.05, 0) is 6.07 Å². The van der Waals surface area contributed by atoms with Crippen molar-refractivity contribution in [1.29, 1.82) is 0 Å². The standard InChI is InChI=1S/C6H8N2O3/c1-11-6(10)5(9)4-2-3-7-8-4/h2-3,5,9H,1H3,(H,7,8). The molecule has 2 N–H and O–H groups in total. The number of esters is 1. The van der Waals surface area contributed by atoms with Crippen molar-refractivity contribution >= 4 is 5.97 Å². The van der Waals surface area contributed by atoms with Crippen LogP contribution in [-0.2, 0) is 9.53 Å². The van der Waals surface area contributed by atoms with Crippen LogP contribution in [0.2, 0.25) is 0 Å². The lowest BCUT2D eigenvalue weighted by molar-refractivity contribution is -0.150. The monoisotopic (exact) mass is 156 g/mol. The average Bonchev–Trinajstić information content (AvgIpc) is 2.53. The third-order valence-corrected chi connectivity index (χ3v) is 1.24. The largest absolute Gasteiger partial charge is 0.467 e. The molecule has 5 heteroatoms. The van der Waals surface area contributed by atoms with Crippen molar-refractivity contribution in [1.82, 2.24) is 10.2 Å². The molecular formula is C6H8N2O3. The van der Waals surface area contributed by atoms with E-state index >= 15 is 0 Å². The van der Waals surface area contributed by atoms with Gasteiger partial charge in [0.2, 0.25) is 0 Å². The fourth-order valence-corrected chi connectivity index (χ4v) is 0.658. The molecule has 1 unspecified atom stereocenters. The average molecular weight is 156 g/mol. The van der Waals surface area contributed by atoms with Gasteiger partial charge < -0.3 is 9.84 Å². The Bertz CT molecular complexity index is 232. The Labute approximate surface area is 63.0 Å². The molecule has 0 saturated heterocycles. The van der Waals surface area contributed by atoms with E-state index in [-0.39, 0.29) is 0 Å². The van der Waals surface area contributed by atoms with Crippen LogP contribution in [0.4, 0.5) is 0 Å². The predicted octanol–water partition coefficient (Wildman–Crippen LogP) is -0.384. The SMILES string of the molecule is COC(=O)C(O)c1ccn[nH]1. The number of hydrogen-bond donors (Lipinski definition) is 2. The Morgan fingerprint density at radius 3 is 3.09 bits per heavy atom. The number of nitrogens with zero attached hydrogens (tertiary/aromatic N) is 1. The molecule has 1 aromatic heterocycles. The summed E-state index contributed by atoms with van der Waals surface area (Å²) in [5.74, 6) is -0.700. The van der Waals surface area contributed by atoms with Gasteiger partial charge in [-0.3, -0.25) is 5.10 Å². The lowest BCUT2D eigenvalue weighted by Gasteiger charge is -2.03. The van der Waals surface area contributed by atoms with E-state index in [1.54, 1.807) is 0 Å². The number of aliphatic hydroxyl groups is 1. The van der Waals surface area contributed by atoms with Crippen molar-refractivity contribution in [3.63, 3.8) is 0 Å². The molecule has 0 bridgehead atoms. The van der Waals surface area contributed by atoms with Gasteiger partial charge in [-0.2, -0.15) is 5.10 Å². The molecule has 1 heterocycles. The molecular weight excluding hydrogens is 148 g/mol. The fraction of sp³-hybridized carbons (Fsp3) is 0.333. The van der Waals surface area contributed by atoms with Gasteiger partial charge in [0, 0.05) is 6.20 Å². The summed E-state index contributed by atoms with van der Waals surface area (Å²) >= 11 is 0. The van der Waals surface area contributed by atoms with Gasteiger partial charge in [0.05, 0.1) is 12.8 Å². The summed E-state index contributed by atoms with van der Waals surface area (Å²) in [5.41, 5.74) is 0.330. The van der Waals surface area contributed by atoms with E-state index in [1.165, 1.54) is 19.4 Å². The zero-order valence-corrected chi connectivity index (χ0v) is 5.94. The molecule has 1 rings (SSSR count). The molecule has 0 radical (unpaired) electrons. The zero-order valence-electron chi connectivity index (χ0n) is 5.94. The maximum Gasteiger partial charge on any atom is 0.340 e. The lowest BCUT2D eigenvalue weighted by atomic mass is 10.3. The third kappa shape index (κ3) is 1.56. The van der Waals surface area contributed by atoms with E-state index < -0.39 is 12.1 Å². The van der Waals surface area contributed by atoms with E-state index in [4.69, 9.17) is 5.11 Å². The highest BCUT2D eigenvalue weighted by Crippen LogP contribution is 2.08. The number of nitrogens with one attached hydrogen (secondary N) is 1. The predicted molar refractivity (Wildman–Crippen MR) is 35.6 cm³/mol. The quantitative estimate of drug-likeness (QED) is 0.572. The van der Waals surface area contributed by atoms with Gasteiger partial charge in [-0.25, -0.2) is 4.79 Å². The Balaban J connectivity index is 2.70. The normalized spacial score (nSPS) is 12.5. The first-order valence-corrected chi connectivity index (χ1v) is 3.01. The molecule has 11 heavy (non-hydrogen) atoms. The van der Waals surface area contributed by atoms with Crippen LogP contribution in [0.3, 0.4) is 0 Å². The first kappa shape index (κ1) is 7.74. The van der Waals surface area contributed by atoms with Crippen molar-refractivity contribution in [2.45, 2.75) is 6.10 Å². The number of ether oxygens (including phenoxy) is 1. The minimum atomic E-state index is -1.26. The summed E-state index contributed by atoms with van der Waals surface area (Å²) in [6.07, 6.45) is 0.184. The first-order valence-electron chi connectivity index (χ1n) is 3.01. The molecule has 60 valence electrons. The highest BCUT2D eigenvalue weighted by Gasteiger charge is 2.18. The van der Waals surface area contributed by atoms with Crippen LogP contribution in [0, 0.1) is 0 Å². The van der Waals surface area contributed by atoms with Crippen LogP contribution in [-0.4, -0.2) is 28.4 Å². The second-order valence-corrected chi connectivity index (χ2v) is 1.94. The number of carbonyl (C=O) groups is 1. The molecule has 0 saturated carbocycles. The molecule has 0 aliphatic rings. The van der Waals surface area contributed by atoms with Crippen molar-refractivity contribution in [3.8, 4) is 0 Å². The van der Waals surface area contributed by atoms with Gasteiger partial charge in [0.15, 0.2) is 6.10 Å². The number of rotatable bonds is 2. The number of methoxy groups -OCH3 is 1. The molecule has 0 aliphatic heterocycles. The van der Waals surface area contributed by atoms with Crippen molar-refractivity contribution in [2.24, 2.45) is 0 Å². The van der Waals surface area contributed by atoms with Crippen molar-refractivity contribution < 1.29 is 14.6 Å². The van der Waals surface area contributed by atoms with Gasteiger partial charge in [-0.15, -0.1) is 0 Å². The van der Waals surface area contributed by atoms with Gasteiger partial charge >= 0.3 is 5.97 Å². The second-order valence-electron chi connectivity index (χ2n) is 1.94. The molecule has 1 aromatic rings. The van der Waals surface area contributed by atoms with Gasteiger partial charge in [0.1, 0.15) is 0 Å². The van der Waals surface area contributed by atoms with Crippen LogP contribution in [0.15, 0.2) is 12.3 Å². The van der Waals surface area contributed by atoms with Gasteiger partial charge in [-0.1, -0.05) is 0 Å². The van der Waals surface area contributed by atoms with Crippen molar-refractivity contribution in [3.05, 3.63) is 18.0 Å². The number of carbonyl (C=O) groups excluding carboxylic acids is 1. The molecule has 1 atom stereocenters. The Hall–Kier alpha value is -1.36. The summed E-state index contributed by atoms with van der Waals surface area (Å²) in [4.78, 5) is 10.7. The number of aliphatic hydroxyl groups excluding tert-OH is 1. The van der Waals surface area contributed by atoms with E-state index in [2.05, 4.69) is 14.9 Å². The van der Waals surface area contributed by atoms with Crippen LogP contribution in [0.25, 0.3) is 0 Å². The van der Waals surface area contributed by atoms with Gasteiger partial charge in [0.25, 0.3) is 0 Å². The number of aromatic nitrogens is 2. The first-order chi connectivity index (χ1) is 5.25. The van der Waals surface area contributed by atoms with E-state index in [1.807, 2.05) is 0 Å². The lowest BCUT2D eigenvalue weighted by Crippen LogP contribution is -2.13. The molecule has 0 aromatic carbocycles. The summed E-state index contributed by atoms with van der Waals surface area (Å²) in [6, 6.07) is 1.50. The Morgan fingerprint density at radius 2 is 2.64 bits per heavy atom. The Kier molecular flexibility index (Phi) is 2.22. The van der Waals surface area contributed by atoms with E-state index in [0.717, 1.165) is 0 Å². The maximum atomic E-state index is 10.7. The minimum absolute atomic E-state index is 0.330. The van der Waals surface area contributed by atoms with E-state index in [9.17, 15) is 4.79 Å². The molecule has 0 aliphatic carbocycles. The summed E-state index contributed by atoms with van der Waals surface area (Å²) in [6.45, 7) is 0. The van der Waals surface area contributed by atoms with Crippen LogP contribution >= 0.6 is 0 Å². The van der Waals surface area contributed by atoms with Crippen LogP contribution in [0.1, 0.15) is 11.8 Å². The number of aromatic amines is 1. The number of H-pyrrole nitrogens is 1. The van der Waals surface area contributed by atoms with Crippen LogP contribution < -0.4 is 0 Å². The molecule has 0 spiro atoms. The molecule has 5 nitrogen and oxygen atoms in total. The highest BCUT2D eigenvalue weighted by atomic mass is 16.5. The zero-order chi connectivity index (χ0) is 8.27. The van der Waals surface area contributed by atoms with E-state index in [0.29, 0.717) is 5.69 Å². The molecule has 0 fully saturated rings. The smallest absolute Gasteiger partial charge is 0.340 e.